The highest BCUT2D eigenvalue weighted by Gasteiger charge is 2.34. The van der Waals surface area contributed by atoms with Crippen molar-refractivity contribution < 1.29 is 9.59 Å². The van der Waals surface area contributed by atoms with Gasteiger partial charge >= 0.3 is 0 Å². The maximum absolute atomic E-state index is 13.1. The van der Waals surface area contributed by atoms with E-state index in [0.29, 0.717) is 28.8 Å². The van der Waals surface area contributed by atoms with Gasteiger partial charge in [-0.1, -0.05) is 30.3 Å². The van der Waals surface area contributed by atoms with Crippen LogP contribution < -0.4 is 5.32 Å². The van der Waals surface area contributed by atoms with Gasteiger partial charge in [-0.05, 0) is 47.2 Å². The SMILES string of the molecule is O=C(C=C1SC(=NCc2cccnc2)N(Cc2cccnc2)C1=O)Nc1ccccc1. The molecule has 1 fully saturated rings. The van der Waals surface area contributed by atoms with Gasteiger partial charge in [-0.3, -0.25) is 29.4 Å². The number of carbonyl (C=O) groups excluding carboxylic acids is 2. The molecule has 0 atom stereocenters. The molecular weight excluding hydrogens is 410 g/mol. The Morgan fingerprint density at radius 1 is 1.00 bits per heavy atom. The highest BCUT2D eigenvalue weighted by atomic mass is 32.2. The summed E-state index contributed by atoms with van der Waals surface area (Å²) in [4.78, 5) is 40.2. The Morgan fingerprint density at radius 2 is 1.71 bits per heavy atom. The van der Waals surface area contributed by atoms with E-state index in [1.807, 2.05) is 42.5 Å². The molecule has 2 amide bonds. The topological polar surface area (TPSA) is 87.6 Å². The number of nitrogens with one attached hydrogen (secondary N) is 1. The number of carbonyl (C=O) groups is 2. The normalized spacial score (nSPS) is 16.1. The average molecular weight is 430 g/mol. The van der Waals surface area contributed by atoms with Crippen LogP contribution in [0.15, 0.2) is 95.4 Å². The first-order valence-corrected chi connectivity index (χ1v) is 10.4. The second kappa shape index (κ2) is 9.82. The highest BCUT2D eigenvalue weighted by Crippen LogP contribution is 2.32. The van der Waals surface area contributed by atoms with Gasteiger partial charge in [0.1, 0.15) is 0 Å². The fourth-order valence-corrected chi connectivity index (χ4v) is 3.86. The number of rotatable bonds is 6. The summed E-state index contributed by atoms with van der Waals surface area (Å²) in [5.74, 6) is -0.626. The highest BCUT2D eigenvalue weighted by molar-refractivity contribution is 8.18. The van der Waals surface area contributed by atoms with Crippen LogP contribution in [0.25, 0.3) is 0 Å². The lowest BCUT2D eigenvalue weighted by Gasteiger charge is -2.15. The lowest BCUT2D eigenvalue weighted by molar-refractivity contribution is -0.123. The number of aliphatic imine (C=N–C) groups is 1. The number of amidine groups is 1. The molecule has 31 heavy (non-hydrogen) atoms. The van der Waals surface area contributed by atoms with Gasteiger partial charge in [0.25, 0.3) is 5.91 Å². The van der Waals surface area contributed by atoms with Crippen molar-refractivity contribution in [3.8, 4) is 0 Å². The number of aromatic nitrogens is 2. The fraction of sp³-hybridized carbons (Fsp3) is 0.0870. The molecule has 0 saturated carbocycles. The van der Waals surface area contributed by atoms with Crippen molar-refractivity contribution in [2.45, 2.75) is 13.1 Å². The fourth-order valence-electron chi connectivity index (χ4n) is 2.91. The molecule has 3 heterocycles. The number of thioether (sulfide) groups is 1. The van der Waals surface area contributed by atoms with Crippen LogP contribution in [0.4, 0.5) is 5.69 Å². The van der Waals surface area contributed by atoms with Crippen LogP contribution in [0.1, 0.15) is 11.1 Å². The van der Waals surface area contributed by atoms with E-state index < -0.39 is 0 Å². The van der Waals surface area contributed by atoms with Crippen LogP contribution in [-0.4, -0.2) is 31.8 Å². The molecule has 0 radical (unpaired) electrons. The number of hydrogen-bond acceptors (Lipinski definition) is 6. The Labute approximate surface area is 183 Å². The zero-order chi connectivity index (χ0) is 21.5. The predicted octanol–water partition coefficient (Wildman–Crippen LogP) is 3.63. The van der Waals surface area contributed by atoms with Crippen LogP contribution in [0, 0.1) is 0 Å². The molecule has 7 nitrogen and oxygen atoms in total. The molecule has 1 saturated heterocycles. The zero-order valence-electron chi connectivity index (χ0n) is 16.5. The third kappa shape index (κ3) is 5.43. The number of benzene rings is 1. The second-order valence-corrected chi connectivity index (χ2v) is 7.69. The summed E-state index contributed by atoms with van der Waals surface area (Å²) >= 11 is 1.19. The Bertz CT molecular complexity index is 1120. The minimum Gasteiger partial charge on any atom is -0.322 e. The molecule has 1 aromatic carbocycles. The van der Waals surface area contributed by atoms with Crippen molar-refractivity contribution in [2.24, 2.45) is 4.99 Å². The van der Waals surface area contributed by atoms with Gasteiger partial charge in [0.15, 0.2) is 5.17 Å². The Balaban J connectivity index is 1.56. The van der Waals surface area contributed by atoms with Crippen LogP contribution >= 0.6 is 11.8 Å². The number of anilines is 1. The molecule has 1 aliphatic heterocycles. The predicted molar refractivity (Wildman–Crippen MR) is 121 cm³/mol. The van der Waals surface area contributed by atoms with Crippen molar-refractivity contribution in [1.82, 2.24) is 14.9 Å². The van der Waals surface area contributed by atoms with Gasteiger partial charge in [0.2, 0.25) is 5.91 Å². The zero-order valence-corrected chi connectivity index (χ0v) is 17.3. The third-order valence-electron chi connectivity index (χ3n) is 4.37. The van der Waals surface area contributed by atoms with Crippen LogP contribution in [0.3, 0.4) is 0 Å². The van der Waals surface area contributed by atoms with Gasteiger partial charge in [0, 0.05) is 36.6 Å². The third-order valence-corrected chi connectivity index (χ3v) is 5.42. The summed E-state index contributed by atoms with van der Waals surface area (Å²) in [6.45, 7) is 0.708. The van der Waals surface area contributed by atoms with Gasteiger partial charge in [0.05, 0.1) is 18.0 Å². The molecule has 0 spiro atoms. The smallest absolute Gasteiger partial charge is 0.267 e. The molecule has 0 unspecified atom stereocenters. The molecule has 1 aliphatic rings. The summed E-state index contributed by atoms with van der Waals surface area (Å²) < 4.78 is 0. The lowest BCUT2D eigenvalue weighted by atomic mass is 10.2. The summed E-state index contributed by atoms with van der Waals surface area (Å²) in [6, 6.07) is 16.6. The van der Waals surface area contributed by atoms with E-state index in [-0.39, 0.29) is 11.8 Å². The second-order valence-electron chi connectivity index (χ2n) is 6.68. The maximum atomic E-state index is 13.1. The summed E-state index contributed by atoms with van der Waals surface area (Å²) in [7, 11) is 0. The molecule has 1 N–H and O–H groups in total. The van der Waals surface area contributed by atoms with E-state index in [1.165, 1.54) is 17.8 Å². The Kier molecular flexibility index (Phi) is 6.49. The molecule has 0 aliphatic carbocycles. The van der Waals surface area contributed by atoms with Gasteiger partial charge < -0.3 is 5.32 Å². The Morgan fingerprint density at radius 3 is 2.39 bits per heavy atom. The van der Waals surface area contributed by atoms with E-state index >= 15 is 0 Å². The van der Waals surface area contributed by atoms with Crippen LogP contribution in [0.2, 0.25) is 0 Å². The monoisotopic (exact) mass is 429 g/mol. The first-order chi connectivity index (χ1) is 15.2. The van der Waals surface area contributed by atoms with E-state index in [9.17, 15) is 9.59 Å². The minimum absolute atomic E-state index is 0.262. The molecule has 8 heteroatoms. The molecule has 154 valence electrons. The number of hydrogen-bond donors (Lipinski definition) is 1. The molecule has 3 aromatic rings. The van der Waals surface area contributed by atoms with E-state index in [2.05, 4.69) is 20.3 Å². The van der Waals surface area contributed by atoms with E-state index in [1.54, 1.807) is 41.8 Å². The van der Waals surface area contributed by atoms with Crippen LogP contribution in [0.5, 0.6) is 0 Å². The number of nitrogens with zero attached hydrogens (tertiary/aromatic N) is 4. The van der Waals surface area contributed by atoms with Gasteiger partial charge in [-0.25, -0.2) is 0 Å². The Hall–Kier alpha value is -3.78. The van der Waals surface area contributed by atoms with Crippen molar-refractivity contribution in [3.63, 3.8) is 0 Å². The minimum atomic E-state index is -0.364. The number of amides is 2. The molecule has 2 aromatic heterocycles. The van der Waals surface area contributed by atoms with Crippen molar-refractivity contribution in [2.75, 3.05) is 5.32 Å². The summed E-state index contributed by atoms with van der Waals surface area (Å²) in [5.41, 5.74) is 2.47. The number of pyridine rings is 2. The van der Waals surface area contributed by atoms with E-state index in [0.717, 1.165) is 11.1 Å². The first-order valence-electron chi connectivity index (χ1n) is 9.59. The maximum Gasteiger partial charge on any atom is 0.267 e. The van der Waals surface area contributed by atoms with Gasteiger partial charge in [-0.15, -0.1) is 0 Å². The number of para-hydroxylation sites is 1. The molecule has 4 rings (SSSR count). The quantitative estimate of drug-likeness (QED) is 0.605. The van der Waals surface area contributed by atoms with Crippen molar-refractivity contribution in [3.05, 3.63) is 101 Å². The molecular formula is C23H19N5O2S. The van der Waals surface area contributed by atoms with Gasteiger partial charge in [-0.2, -0.15) is 0 Å². The average Bonchev–Trinajstić information content (AvgIpc) is 3.08. The van der Waals surface area contributed by atoms with Crippen molar-refractivity contribution in [1.29, 1.82) is 0 Å². The molecule has 0 bridgehead atoms. The lowest BCUT2D eigenvalue weighted by Crippen LogP contribution is -2.29. The van der Waals surface area contributed by atoms with E-state index in [4.69, 9.17) is 0 Å². The first kappa shape index (κ1) is 20.5. The summed E-state index contributed by atoms with van der Waals surface area (Å²) in [5, 5.41) is 3.31. The van der Waals surface area contributed by atoms with Crippen molar-refractivity contribution >= 4 is 34.4 Å². The summed E-state index contributed by atoms with van der Waals surface area (Å²) in [6.07, 6.45) is 8.15. The van der Waals surface area contributed by atoms with Crippen LogP contribution in [-0.2, 0) is 22.7 Å². The standard InChI is InChI=1S/C23H19N5O2S/c29-21(27-19-8-2-1-3-9-19)12-20-22(30)28(16-18-7-5-11-25-14-18)23(31-20)26-15-17-6-4-10-24-13-17/h1-14H,15-16H2,(H,27,29). The largest absolute Gasteiger partial charge is 0.322 e.